The number of fused-ring (bicyclic) bond motifs is 4. The minimum Gasteiger partial charge on any atom is -0.490 e. The smallest absolute Gasteiger partial charge is 0.155 e. The molecule has 2 bridgehead atoms. The van der Waals surface area contributed by atoms with Crippen LogP contribution in [-0.4, -0.2) is 17.2 Å². The van der Waals surface area contributed by atoms with Gasteiger partial charge in [-0.3, -0.25) is 0 Å². The Labute approximate surface area is 203 Å². The van der Waals surface area contributed by atoms with E-state index in [0.29, 0.717) is 11.5 Å². The molecule has 2 aromatic rings. The molecule has 5 aliphatic carbocycles. The van der Waals surface area contributed by atoms with Crippen LogP contribution in [0.1, 0.15) is 96.5 Å². The van der Waals surface area contributed by atoms with E-state index >= 15 is 0 Å². The van der Waals surface area contributed by atoms with Crippen LogP contribution in [0.3, 0.4) is 0 Å². The summed E-state index contributed by atoms with van der Waals surface area (Å²) in [6.07, 6.45) is 14.3. The first-order valence-corrected chi connectivity index (χ1v) is 13.5. The van der Waals surface area contributed by atoms with E-state index in [4.69, 9.17) is 9.57 Å². The second-order valence-corrected chi connectivity index (χ2v) is 11.1. The number of rotatable bonds is 7. The molecule has 5 heteroatoms. The van der Waals surface area contributed by atoms with E-state index in [1.807, 2.05) is 13.8 Å². The van der Waals surface area contributed by atoms with Crippen LogP contribution in [0.5, 0.6) is 5.75 Å². The Kier molecular flexibility index (Phi) is 6.58. The fourth-order valence-corrected chi connectivity index (χ4v) is 6.57. The van der Waals surface area contributed by atoms with Crippen molar-refractivity contribution >= 4 is 10.8 Å². The van der Waals surface area contributed by atoms with Gasteiger partial charge in [0, 0.05) is 12.1 Å². The van der Waals surface area contributed by atoms with Crippen molar-refractivity contribution in [2.45, 2.75) is 115 Å². The molecule has 0 radical (unpaired) electrons. The third-order valence-electron chi connectivity index (χ3n) is 9.21. The van der Waals surface area contributed by atoms with Crippen molar-refractivity contribution < 1.29 is 9.57 Å². The molecule has 2 aromatic carbocycles. The standard InChI is InChI=1S/C27H34N2O3.C2H6/c30-29-32-27-14-11-26(12-15-27,13-16-27)28-19-20-1-2-22-18-24(4-3-21(22)17-20)31-23-5-7-25(8-6-23)9-10-25;1-2/h1-4,17-18,23,28H,5-16,19H2;1-2H3. The zero-order valence-corrected chi connectivity index (χ0v) is 20.9. The first kappa shape index (κ1) is 23.6. The molecular weight excluding hydrogens is 424 g/mol. The minimum atomic E-state index is -0.287. The molecule has 5 fully saturated rings. The van der Waals surface area contributed by atoms with Crippen LogP contribution >= 0.6 is 0 Å². The summed E-state index contributed by atoms with van der Waals surface area (Å²) in [5.74, 6) is 1.01. The predicted molar refractivity (Wildman–Crippen MR) is 137 cm³/mol. The highest BCUT2D eigenvalue weighted by Crippen LogP contribution is 2.56. The van der Waals surface area contributed by atoms with Crippen molar-refractivity contribution in [3.05, 3.63) is 46.9 Å². The molecule has 0 heterocycles. The van der Waals surface area contributed by atoms with Crippen molar-refractivity contribution in [2.75, 3.05) is 0 Å². The predicted octanol–water partition coefficient (Wildman–Crippen LogP) is 7.60. The van der Waals surface area contributed by atoms with E-state index in [0.717, 1.165) is 50.8 Å². The van der Waals surface area contributed by atoms with Gasteiger partial charge in [-0.1, -0.05) is 32.0 Å². The molecule has 5 saturated carbocycles. The van der Waals surface area contributed by atoms with Crippen LogP contribution in [0.2, 0.25) is 0 Å². The highest BCUT2D eigenvalue weighted by atomic mass is 16.7. The molecule has 0 aliphatic heterocycles. The summed E-state index contributed by atoms with van der Waals surface area (Å²) in [5.41, 5.74) is 1.92. The molecule has 34 heavy (non-hydrogen) atoms. The van der Waals surface area contributed by atoms with E-state index in [9.17, 15) is 4.91 Å². The number of nitrogens with one attached hydrogen (secondary N) is 1. The molecule has 1 spiro atoms. The van der Waals surface area contributed by atoms with E-state index in [1.54, 1.807) is 0 Å². The third kappa shape index (κ3) is 4.82. The summed E-state index contributed by atoms with van der Waals surface area (Å²) in [7, 11) is 0. The minimum absolute atomic E-state index is 0.180. The number of ether oxygens (including phenoxy) is 1. The Hall–Kier alpha value is -2.14. The monoisotopic (exact) mass is 464 g/mol. The molecule has 5 nitrogen and oxygen atoms in total. The van der Waals surface area contributed by atoms with E-state index < -0.39 is 0 Å². The van der Waals surface area contributed by atoms with Gasteiger partial charge in [-0.25, -0.2) is 0 Å². The van der Waals surface area contributed by atoms with Gasteiger partial charge in [-0.15, -0.1) is 4.91 Å². The van der Waals surface area contributed by atoms with Gasteiger partial charge in [0.1, 0.15) is 11.4 Å². The van der Waals surface area contributed by atoms with Crippen LogP contribution in [0.4, 0.5) is 0 Å². The average molecular weight is 465 g/mol. The molecule has 0 unspecified atom stereocenters. The maximum atomic E-state index is 10.6. The molecule has 0 atom stereocenters. The summed E-state index contributed by atoms with van der Waals surface area (Å²) in [6, 6.07) is 13.3. The van der Waals surface area contributed by atoms with Gasteiger partial charge in [0.05, 0.1) is 6.10 Å². The molecule has 0 amide bonds. The molecule has 0 saturated heterocycles. The molecule has 7 rings (SSSR count). The van der Waals surface area contributed by atoms with Crippen molar-refractivity contribution in [2.24, 2.45) is 10.8 Å². The lowest BCUT2D eigenvalue weighted by Crippen LogP contribution is -2.57. The highest BCUT2D eigenvalue weighted by molar-refractivity contribution is 5.84. The van der Waals surface area contributed by atoms with Gasteiger partial charge in [0.15, 0.2) is 5.34 Å². The fraction of sp³-hybridized carbons (Fsp3) is 0.655. The Morgan fingerprint density at radius 3 is 2.15 bits per heavy atom. The number of benzene rings is 2. The lowest BCUT2D eigenvalue weighted by Gasteiger charge is -2.51. The molecule has 0 aromatic heterocycles. The van der Waals surface area contributed by atoms with Crippen molar-refractivity contribution in [1.82, 2.24) is 5.32 Å². The zero-order valence-electron chi connectivity index (χ0n) is 20.9. The van der Waals surface area contributed by atoms with Crippen LogP contribution in [0.15, 0.2) is 41.7 Å². The Morgan fingerprint density at radius 1 is 0.853 bits per heavy atom. The van der Waals surface area contributed by atoms with Crippen molar-refractivity contribution in [1.29, 1.82) is 0 Å². The number of hydrogen-bond acceptors (Lipinski definition) is 5. The Morgan fingerprint density at radius 2 is 1.50 bits per heavy atom. The van der Waals surface area contributed by atoms with Gasteiger partial charge < -0.3 is 14.9 Å². The van der Waals surface area contributed by atoms with E-state index in [1.165, 1.54) is 54.9 Å². The van der Waals surface area contributed by atoms with Gasteiger partial charge in [0.25, 0.3) is 0 Å². The third-order valence-corrected chi connectivity index (χ3v) is 9.21. The molecular formula is C29H40N2O3. The average Bonchev–Trinajstić information content (AvgIpc) is 3.66. The largest absolute Gasteiger partial charge is 0.490 e. The summed E-state index contributed by atoms with van der Waals surface area (Å²) >= 11 is 0. The molecule has 184 valence electrons. The topological polar surface area (TPSA) is 59.9 Å². The highest BCUT2D eigenvalue weighted by Gasteiger charge is 2.50. The van der Waals surface area contributed by atoms with Gasteiger partial charge in [0.2, 0.25) is 0 Å². The maximum Gasteiger partial charge on any atom is 0.155 e. The van der Waals surface area contributed by atoms with Gasteiger partial charge >= 0.3 is 0 Å². The lowest BCUT2D eigenvalue weighted by atomic mass is 9.63. The Balaban J connectivity index is 0.00000117. The number of hydrogen-bond donors (Lipinski definition) is 1. The van der Waals surface area contributed by atoms with Crippen LogP contribution < -0.4 is 10.1 Å². The molecule has 5 aliphatic rings. The zero-order chi connectivity index (χ0) is 23.7. The van der Waals surface area contributed by atoms with Gasteiger partial charge in [-0.2, -0.15) is 0 Å². The first-order chi connectivity index (χ1) is 16.6. The second-order valence-electron chi connectivity index (χ2n) is 11.1. The van der Waals surface area contributed by atoms with E-state index in [2.05, 4.69) is 47.1 Å². The van der Waals surface area contributed by atoms with Crippen LogP contribution in [0.25, 0.3) is 10.8 Å². The van der Waals surface area contributed by atoms with E-state index in [-0.39, 0.29) is 11.1 Å². The van der Waals surface area contributed by atoms with Gasteiger partial charge in [-0.05, 0) is 117 Å². The second kappa shape index (κ2) is 9.49. The lowest BCUT2D eigenvalue weighted by molar-refractivity contribution is -0.123. The summed E-state index contributed by atoms with van der Waals surface area (Å²) in [6.45, 7) is 4.87. The normalized spacial score (nSPS) is 29.4. The number of nitrogens with zero attached hydrogens (tertiary/aromatic N) is 1. The summed E-state index contributed by atoms with van der Waals surface area (Å²) < 4.78 is 6.35. The Bertz CT molecular complexity index is 981. The molecule has 1 N–H and O–H groups in total. The first-order valence-electron chi connectivity index (χ1n) is 13.5. The SMILES string of the molecule is CC.O=NOC12CCC(NCc3ccc4cc(OC5CCC6(CC5)CC6)ccc4c3)(CC1)CC2. The quantitative estimate of drug-likeness (QED) is 0.338. The summed E-state index contributed by atoms with van der Waals surface area (Å²) in [4.78, 5) is 15.8. The van der Waals surface area contributed by atoms with Crippen LogP contribution in [0, 0.1) is 10.3 Å². The fourth-order valence-electron chi connectivity index (χ4n) is 6.57. The van der Waals surface area contributed by atoms with Crippen LogP contribution in [-0.2, 0) is 11.4 Å². The van der Waals surface area contributed by atoms with Crippen molar-refractivity contribution in [3.63, 3.8) is 0 Å². The maximum absolute atomic E-state index is 10.6. The van der Waals surface area contributed by atoms with Crippen molar-refractivity contribution in [3.8, 4) is 5.75 Å². The summed E-state index contributed by atoms with van der Waals surface area (Å²) in [5, 5.41) is 9.11.